The molecule has 1 aromatic heterocycles. The third-order valence-corrected chi connectivity index (χ3v) is 4.59. The molecule has 0 saturated carbocycles. The first-order valence-electron chi connectivity index (χ1n) is 9.16. The molecule has 150 valence electrons. The largest absolute Gasteiger partial charge is 0.465 e. The summed E-state index contributed by atoms with van der Waals surface area (Å²) in [6.07, 6.45) is -0.476. The van der Waals surface area contributed by atoms with Gasteiger partial charge in [0, 0.05) is 5.69 Å². The summed E-state index contributed by atoms with van der Waals surface area (Å²) in [6.45, 7) is 6.85. The van der Waals surface area contributed by atoms with Crippen molar-refractivity contribution in [3.05, 3.63) is 58.4 Å². The lowest BCUT2D eigenvalue weighted by molar-refractivity contribution is -0.129. The summed E-state index contributed by atoms with van der Waals surface area (Å²) in [5.41, 5.74) is 2.45. The number of benzene rings is 1. The Bertz CT molecular complexity index is 857. The number of aromatic nitrogens is 1. The summed E-state index contributed by atoms with van der Waals surface area (Å²) in [4.78, 5) is 39.8. The second-order valence-corrected chi connectivity index (χ2v) is 6.51. The molecule has 28 heavy (non-hydrogen) atoms. The minimum atomic E-state index is -0.993. The van der Waals surface area contributed by atoms with Gasteiger partial charge in [0.25, 0.3) is 5.91 Å². The van der Waals surface area contributed by atoms with Gasteiger partial charge >= 0.3 is 11.9 Å². The standard InChI is InChI=1S/C21H26N2O5/c1-6-16-17(20(25)27-5)12(2)18(23-16)21(26)28-14(4)19(24)22-13(3)15-10-8-7-9-11-15/h7-11,13-14,23H,6H2,1-5H3,(H,22,24). The lowest BCUT2D eigenvalue weighted by Gasteiger charge is -2.18. The molecule has 0 saturated heterocycles. The Morgan fingerprint density at radius 3 is 2.32 bits per heavy atom. The number of carbonyl (C=O) groups excluding carboxylic acids is 3. The summed E-state index contributed by atoms with van der Waals surface area (Å²) in [5, 5.41) is 2.82. The van der Waals surface area contributed by atoms with E-state index in [1.165, 1.54) is 14.0 Å². The second-order valence-electron chi connectivity index (χ2n) is 6.51. The number of esters is 2. The molecule has 0 aliphatic rings. The van der Waals surface area contributed by atoms with Gasteiger partial charge in [0.1, 0.15) is 5.69 Å². The summed E-state index contributed by atoms with van der Waals surface area (Å²) in [7, 11) is 1.28. The molecule has 2 aromatic rings. The van der Waals surface area contributed by atoms with Crippen molar-refractivity contribution >= 4 is 17.8 Å². The van der Waals surface area contributed by atoms with E-state index >= 15 is 0 Å². The van der Waals surface area contributed by atoms with Crippen LogP contribution in [0.3, 0.4) is 0 Å². The molecule has 1 heterocycles. The Kier molecular flexibility index (Phi) is 6.98. The van der Waals surface area contributed by atoms with Crippen molar-refractivity contribution in [1.29, 1.82) is 0 Å². The molecular weight excluding hydrogens is 360 g/mol. The van der Waals surface area contributed by atoms with Crippen LogP contribution >= 0.6 is 0 Å². The number of amides is 1. The molecule has 2 rings (SSSR count). The molecule has 1 aromatic carbocycles. The number of hydrogen-bond donors (Lipinski definition) is 2. The van der Waals surface area contributed by atoms with Gasteiger partial charge in [-0.05, 0) is 38.3 Å². The van der Waals surface area contributed by atoms with E-state index in [9.17, 15) is 14.4 Å². The molecule has 0 bridgehead atoms. The zero-order valence-corrected chi connectivity index (χ0v) is 16.8. The molecule has 7 heteroatoms. The maximum Gasteiger partial charge on any atom is 0.355 e. The molecule has 7 nitrogen and oxygen atoms in total. The van der Waals surface area contributed by atoms with Gasteiger partial charge in [-0.2, -0.15) is 0 Å². The molecule has 0 aliphatic carbocycles. The van der Waals surface area contributed by atoms with Crippen molar-refractivity contribution in [2.45, 2.75) is 46.3 Å². The predicted octanol–water partition coefficient (Wildman–Crippen LogP) is 3.09. The SMILES string of the molecule is CCc1[nH]c(C(=O)OC(C)C(=O)NC(C)c2ccccc2)c(C)c1C(=O)OC. The first-order valence-corrected chi connectivity index (χ1v) is 9.16. The van der Waals surface area contributed by atoms with Crippen LogP contribution in [-0.2, 0) is 20.7 Å². The quantitative estimate of drug-likeness (QED) is 0.713. The van der Waals surface area contributed by atoms with E-state index in [1.807, 2.05) is 44.2 Å². The molecule has 2 unspecified atom stereocenters. The number of H-pyrrole nitrogens is 1. The van der Waals surface area contributed by atoms with Gasteiger partial charge in [-0.15, -0.1) is 0 Å². The van der Waals surface area contributed by atoms with Crippen LogP contribution in [0.1, 0.15) is 64.5 Å². The van der Waals surface area contributed by atoms with Gasteiger partial charge < -0.3 is 19.8 Å². The lowest BCUT2D eigenvalue weighted by atomic mass is 10.1. The number of hydrogen-bond acceptors (Lipinski definition) is 5. The monoisotopic (exact) mass is 386 g/mol. The molecular formula is C21H26N2O5. The Morgan fingerprint density at radius 2 is 1.75 bits per heavy atom. The van der Waals surface area contributed by atoms with E-state index < -0.39 is 23.9 Å². The molecule has 0 spiro atoms. The average molecular weight is 386 g/mol. The third-order valence-electron chi connectivity index (χ3n) is 4.59. The van der Waals surface area contributed by atoms with E-state index in [0.29, 0.717) is 23.2 Å². The van der Waals surface area contributed by atoms with Crippen LogP contribution in [-0.4, -0.2) is 36.0 Å². The highest BCUT2D eigenvalue weighted by Crippen LogP contribution is 2.21. The molecule has 0 radical (unpaired) electrons. The molecule has 2 atom stereocenters. The van der Waals surface area contributed by atoms with E-state index in [4.69, 9.17) is 9.47 Å². The number of carbonyl (C=O) groups is 3. The summed E-state index contributed by atoms with van der Waals surface area (Å²) >= 11 is 0. The van der Waals surface area contributed by atoms with E-state index in [2.05, 4.69) is 10.3 Å². The molecule has 1 amide bonds. The minimum Gasteiger partial charge on any atom is -0.465 e. The van der Waals surface area contributed by atoms with E-state index in [0.717, 1.165) is 5.56 Å². The Hall–Kier alpha value is -3.09. The topological polar surface area (TPSA) is 97.5 Å². The van der Waals surface area contributed by atoms with Crippen LogP contribution in [0.5, 0.6) is 0 Å². The van der Waals surface area contributed by atoms with Crippen molar-refractivity contribution in [1.82, 2.24) is 10.3 Å². The zero-order valence-electron chi connectivity index (χ0n) is 16.8. The van der Waals surface area contributed by atoms with Crippen LogP contribution in [0.15, 0.2) is 30.3 Å². The van der Waals surface area contributed by atoms with Gasteiger partial charge in [0.05, 0.1) is 18.7 Å². The van der Waals surface area contributed by atoms with Gasteiger partial charge in [-0.3, -0.25) is 4.79 Å². The van der Waals surface area contributed by atoms with Crippen molar-refractivity contribution in [3.8, 4) is 0 Å². The van der Waals surface area contributed by atoms with Crippen LogP contribution in [0, 0.1) is 6.92 Å². The zero-order chi connectivity index (χ0) is 20.8. The second kappa shape index (κ2) is 9.21. The average Bonchev–Trinajstić information content (AvgIpc) is 3.04. The summed E-state index contributed by atoms with van der Waals surface area (Å²) in [5.74, 6) is -1.62. The number of aromatic amines is 1. The fraction of sp³-hybridized carbons (Fsp3) is 0.381. The van der Waals surface area contributed by atoms with Crippen molar-refractivity contribution < 1.29 is 23.9 Å². The van der Waals surface area contributed by atoms with Crippen LogP contribution in [0.25, 0.3) is 0 Å². The Balaban J connectivity index is 2.09. The highest BCUT2D eigenvalue weighted by atomic mass is 16.5. The Morgan fingerprint density at radius 1 is 1.11 bits per heavy atom. The molecule has 0 fully saturated rings. The number of methoxy groups -OCH3 is 1. The number of rotatable bonds is 7. The summed E-state index contributed by atoms with van der Waals surface area (Å²) < 4.78 is 10.1. The summed E-state index contributed by atoms with van der Waals surface area (Å²) in [6, 6.07) is 9.27. The maximum atomic E-state index is 12.5. The van der Waals surface area contributed by atoms with Gasteiger partial charge in [0.15, 0.2) is 6.10 Å². The fourth-order valence-electron chi connectivity index (χ4n) is 2.93. The van der Waals surface area contributed by atoms with Crippen molar-refractivity contribution in [2.24, 2.45) is 0 Å². The maximum absolute atomic E-state index is 12.5. The lowest BCUT2D eigenvalue weighted by Crippen LogP contribution is -2.37. The van der Waals surface area contributed by atoms with Crippen LogP contribution in [0.2, 0.25) is 0 Å². The third kappa shape index (κ3) is 4.60. The van der Waals surface area contributed by atoms with Crippen molar-refractivity contribution in [3.63, 3.8) is 0 Å². The highest BCUT2D eigenvalue weighted by Gasteiger charge is 2.27. The number of ether oxygens (including phenoxy) is 2. The molecule has 0 aliphatic heterocycles. The van der Waals surface area contributed by atoms with Crippen molar-refractivity contribution in [2.75, 3.05) is 7.11 Å². The number of aryl methyl sites for hydroxylation is 1. The smallest absolute Gasteiger partial charge is 0.355 e. The fourth-order valence-corrected chi connectivity index (χ4v) is 2.93. The normalized spacial score (nSPS) is 12.8. The van der Waals surface area contributed by atoms with Crippen LogP contribution in [0.4, 0.5) is 0 Å². The van der Waals surface area contributed by atoms with Gasteiger partial charge in [0.2, 0.25) is 0 Å². The molecule has 2 N–H and O–H groups in total. The Labute approximate surface area is 164 Å². The minimum absolute atomic E-state index is 0.146. The van der Waals surface area contributed by atoms with Gasteiger partial charge in [-0.1, -0.05) is 37.3 Å². The first kappa shape index (κ1) is 21.2. The first-order chi connectivity index (χ1) is 13.3. The predicted molar refractivity (Wildman–Crippen MR) is 104 cm³/mol. The van der Waals surface area contributed by atoms with Crippen LogP contribution < -0.4 is 5.32 Å². The highest BCUT2D eigenvalue weighted by molar-refractivity contribution is 5.99. The van der Waals surface area contributed by atoms with Gasteiger partial charge in [-0.25, -0.2) is 9.59 Å². The number of nitrogens with one attached hydrogen (secondary N) is 2. The van der Waals surface area contributed by atoms with E-state index in [1.54, 1.807) is 6.92 Å². The van der Waals surface area contributed by atoms with E-state index in [-0.39, 0.29) is 11.7 Å².